The summed E-state index contributed by atoms with van der Waals surface area (Å²) in [6, 6.07) is 0.838. The van der Waals surface area contributed by atoms with Crippen LogP contribution in [0.3, 0.4) is 0 Å². The monoisotopic (exact) mass is 254 g/mol. The van der Waals surface area contributed by atoms with Gasteiger partial charge in [-0.05, 0) is 18.8 Å². The standard InChI is InChI=1S/C16H34N2/c1-5-9-16(8-4)18-12-10-17(11-13-18)14-15(6-2)7-3/h15-16H,5-14H2,1-4H3. The number of piperazine rings is 1. The molecule has 0 aromatic carbocycles. The second kappa shape index (κ2) is 8.92. The first-order valence-electron chi connectivity index (χ1n) is 8.21. The number of rotatable bonds is 8. The fourth-order valence-corrected chi connectivity index (χ4v) is 3.20. The molecule has 1 rings (SSSR count). The molecular weight excluding hydrogens is 220 g/mol. The molecule has 0 N–H and O–H groups in total. The maximum atomic E-state index is 2.73. The molecule has 1 saturated heterocycles. The molecule has 1 atom stereocenters. The molecule has 1 fully saturated rings. The second-order valence-corrected chi connectivity index (χ2v) is 5.87. The van der Waals surface area contributed by atoms with E-state index in [1.807, 2.05) is 0 Å². The highest BCUT2D eigenvalue weighted by molar-refractivity contribution is 4.78. The van der Waals surface area contributed by atoms with Crippen molar-refractivity contribution >= 4 is 0 Å². The number of hydrogen-bond acceptors (Lipinski definition) is 2. The lowest BCUT2D eigenvalue weighted by atomic mass is 10.0. The van der Waals surface area contributed by atoms with Gasteiger partial charge in [-0.25, -0.2) is 0 Å². The van der Waals surface area contributed by atoms with Crippen LogP contribution >= 0.6 is 0 Å². The summed E-state index contributed by atoms with van der Waals surface area (Å²) in [5.41, 5.74) is 0. The molecule has 0 saturated carbocycles. The van der Waals surface area contributed by atoms with Crippen molar-refractivity contribution in [2.75, 3.05) is 32.7 Å². The maximum absolute atomic E-state index is 2.73. The van der Waals surface area contributed by atoms with E-state index in [1.54, 1.807) is 0 Å². The van der Waals surface area contributed by atoms with E-state index in [0.29, 0.717) is 0 Å². The average molecular weight is 254 g/mol. The molecule has 1 aliphatic heterocycles. The summed E-state index contributed by atoms with van der Waals surface area (Å²) in [7, 11) is 0. The highest BCUT2D eigenvalue weighted by Crippen LogP contribution is 2.16. The summed E-state index contributed by atoms with van der Waals surface area (Å²) in [5.74, 6) is 0.911. The van der Waals surface area contributed by atoms with E-state index in [0.717, 1.165) is 12.0 Å². The van der Waals surface area contributed by atoms with E-state index in [9.17, 15) is 0 Å². The molecule has 0 aromatic rings. The van der Waals surface area contributed by atoms with E-state index in [4.69, 9.17) is 0 Å². The third kappa shape index (κ3) is 4.89. The minimum atomic E-state index is 0.838. The van der Waals surface area contributed by atoms with Crippen molar-refractivity contribution in [2.24, 2.45) is 5.92 Å². The van der Waals surface area contributed by atoms with Gasteiger partial charge >= 0.3 is 0 Å². The third-order valence-electron chi connectivity index (χ3n) is 4.69. The number of hydrogen-bond donors (Lipinski definition) is 0. The zero-order valence-electron chi connectivity index (χ0n) is 13.1. The van der Waals surface area contributed by atoms with E-state index in [2.05, 4.69) is 37.5 Å². The molecule has 2 nitrogen and oxygen atoms in total. The normalized spacial score (nSPS) is 20.5. The van der Waals surface area contributed by atoms with Gasteiger partial charge in [0.05, 0.1) is 0 Å². The molecule has 1 heterocycles. The van der Waals surface area contributed by atoms with Gasteiger partial charge in [-0.2, -0.15) is 0 Å². The van der Waals surface area contributed by atoms with E-state index < -0.39 is 0 Å². The van der Waals surface area contributed by atoms with Crippen LogP contribution in [-0.4, -0.2) is 48.6 Å². The molecule has 1 unspecified atom stereocenters. The fraction of sp³-hybridized carbons (Fsp3) is 1.00. The second-order valence-electron chi connectivity index (χ2n) is 5.87. The van der Waals surface area contributed by atoms with E-state index in [-0.39, 0.29) is 0 Å². The van der Waals surface area contributed by atoms with Crippen molar-refractivity contribution in [2.45, 2.75) is 65.8 Å². The summed E-state index contributed by atoms with van der Waals surface area (Å²) in [5, 5.41) is 0. The molecule has 0 radical (unpaired) electrons. The van der Waals surface area contributed by atoms with Crippen molar-refractivity contribution in [3.8, 4) is 0 Å². The van der Waals surface area contributed by atoms with Crippen LogP contribution in [0.25, 0.3) is 0 Å². The van der Waals surface area contributed by atoms with Crippen LogP contribution in [0.2, 0.25) is 0 Å². The van der Waals surface area contributed by atoms with Crippen molar-refractivity contribution in [3.05, 3.63) is 0 Å². The summed E-state index contributed by atoms with van der Waals surface area (Å²) < 4.78 is 0. The van der Waals surface area contributed by atoms with Gasteiger partial charge in [0.2, 0.25) is 0 Å². The topological polar surface area (TPSA) is 6.48 Å². The molecule has 0 aromatic heterocycles. The molecular formula is C16H34N2. The lowest BCUT2D eigenvalue weighted by Crippen LogP contribution is -2.51. The Kier molecular flexibility index (Phi) is 7.92. The van der Waals surface area contributed by atoms with Gasteiger partial charge in [0.1, 0.15) is 0 Å². The SMILES string of the molecule is CCCC(CC)N1CCN(CC(CC)CC)CC1. The summed E-state index contributed by atoms with van der Waals surface area (Å²) in [4.78, 5) is 5.42. The lowest BCUT2D eigenvalue weighted by molar-refractivity contribution is 0.0795. The Bertz CT molecular complexity index is 193. The molecule has 0 spiro atoms. The molecule has 0 bridgehead atoms. The van der Waals surface area contributed by atoms with Crippen LogP contribution in [0, 0.1) is 5.92 Å². The Balaban J connectivity index is 2.31. The van der Waals surface area contributed by atoms with Crippen LogP contribution in [-0.2, 0) is 0 Å². The highest BCUT2D eigenvalue weighted by atomic mass is 15.3. The van der Waals surface area contributed by atoms with Gasteiger partial charge in [0, 0.05) is 38.8 Å². The maximum Gasteiger partial charge on any atom is 0.0113 e. The zero-order chi connectivity index (χ0) is 13.4. The molecule has 2 heteroatoms. The Hall–Kier alpha value is -0.0800. The average Bonchev–Trinajstić information content (AvgIpc) is 2.43. The largest absolute Gasteiger partial charge is 0.301 e. The predicted octanol–water partition coefficient (Wildman–Crippen LogP) is 3.62. The fourth-order valence-electron chi connectivity index (χ4n) is 3.20. The van der Waals surface area contributed by atoms with Gasteiger partial charge in [0.25, 0.3) is 0 Å². The Morgan fingerprint density at radius 3 is 1.89 bits per heavy atom. The van der Waals surface area contributed by atoms with Crippen LogP contribution in [0.1, 0.15) is 59.8 Å². The molecule has 108 valence electrons. The van der Waals surface area contributed by atoms with Crippen molar-refractivity contribution in [1.29, 1.82) is 0 Å². The van der Waals surface area contributed by atoms with Gasteiger partial charge in [-0.3, -0.25) is 4.90 Å². The van der Waals surface area contributed by atoms with Crippen molar-refractivity contribution < 1.29 is 0 Å². The quantitative estimate of drug-likeness (QED) is 0.653. The molecule has 1 aliphatic rings. The lowest BCUT2D eigenvalue weighted by Gasteiger charge is -2.40. The minimum absolute atomic E-state index is 0.838. The Labute approximate surface area is 115 Å². The summed E-state index contributed by atoms with van der Waals surface area (Å²) in [6.07, 6.45) is 6.70. The summed E-state index contributed by atoms with van der Waals surface area (Å²) in [6.45, 7) is 15.8. The predicted molar refractivity (Wildman–Crippen MR) is 81.1 cm³/mol. The zero-order valence-corrected chi connectivity index (χ0v) is 13.1. The first-order valence-corrected chi connectivity index (χ1v) is 8.21. The first-order chi connectivity index (χ1) is 8.74. The van der Waals surface area contributed by atoms with Crippen molar-refractivity contribution in [3.63, 3.8) is 0 Å². The Morgan fingerprint density at radius 2 is 1.44 bits per heavy atom. The van der Waals surface area contributed by atoms with Crippen LogP contribution in [0.4, 0.5) is 0 Å². The summed E-state index contributed by atoms with van der Waals surface area (Å²) >= 11 is 0. The number of nitrogens with zero attached hydrogens (tertiary/aromatic N) is 2. The smallest absolute Gasteiger partial charge is 0.0113 e. The van der Waals surface area contributed by atoms with Crippen molar-refractivity contribution in [1.82, 2.24) is 9.80 Å². The van der Waals surface area contributed by atoms with Crippen LogP contribution in [0.5, 0.6) is 0 Å². The van der Waals surface area contributed by atoms with Gasteiger partial charge < -0.3 is 4.90 Å². The van der Waals surface area contributed by atoms with Crippen LogP contribution < -0.4 is 0 Å². The van der Waals surface area contributed by atoms with E-state index in [1.165, 1.54) is 64.8 Å². The molecule has 0 amide bonds. The van der Waals surface area contributed by atoms with Gasteiger partial charge in [0.15, 0.2) is 0 Å². The first kappa shape index (κ1) is 16.0. The van der Waals surface area contributed by atoms with Gasteiger partial charge in [-0.15, -0.1) is 0 Å². The third-order valence-corrected chi connectivity index (χ3v) is 4.69. The van der Waals surface area contributed by atoms with E-state index >= 15 is 0 Å². The molecule has 18 heavy (non-hydrogen) atoms. The van der Waals surface area contributed by atoms with Crippen LogP contribution in [0.15, 0.2) is 0 Å². The Morgan fingerprint density at radius 1 is 0.833 bits per heavy atom. The molecule has 0 aliphatic carbocycles. The van der Waals surface area contributed by atoms with Gasteiger partial charge in [-0.1, -0.05) is 47.0 Å². The minimum Gasteiger partial charge on any atom is -0.301 e. The highest BCUT2D eigenvalue weighted by Gasteiger charge is 2.22.